The standard InChI is InChI=1S/C41H60N3.HI/c1-6-11-29-42(30-12-7-2)40(36-23-18-16-19-24-36)34-38-27-22-28-39(44(38)33-15-10-5)35-41(37-25-20-17-21-26-37)43(31-13-8-3)32-14-9-4;/h16-28,34-35H,6-15,29-33H2,1-5H3;1H/q+1;/p-1. The molecule has 0 radical (unpaired) electrons. The first-order chi connectivity index (χ1) is 21.7. The second-order valence-corrected chi connectivity index (χ2v) is 12.1. The minimum absolute atomic E-state index is 0. The molecule has 0 aliphatic carbocycles. The molecular weight excluding hydrogens is 661 g/mol. The van der Waals surface area contributed by atoms with Crippen molar-refractivity contribution in [1.82, 2.24) is 9.80 Å². The number of hydrogen-bond acceptors (Lipinski definition) is 2. The fourth-order valence-corrected chi connectivity index (χ4v) is 5.71. The number of unbranched alkanes of at least 4 members (excludes halogenated alkanes) is 5. The number of aromatic nitrogens is 1. The van der Waals surface area contributed by atoms with Crippen molar-refractivity contribution in [3.8, 4) is 0 Å². The molecule has 0 atom stereocenters. The average molecular weight is 722 g/mol. The van der Waals surface area contributed by atoms with Crippen LogP contribution in [0, 0.1) is 0 Å². The van der Waals surface area contributed by atoms with Crippen LogP contribution in [-0.2, 0) is 6.54 Å². The molecule has 45 heavy (non-hydrogen) atoms. The van der Waals surface area contributed by atoms with Crippen molar-refractivity contribution in [2.75, 3.05) is 26.2 Å². The first kappa shape index (κ1) is 38.6. The van der Waals surface area contributed by atoms with Crippen molar-refractivity contribution in [3.63, 3.8) is 0 Å². The Morgan fingerprint density at radius 1 is 0.489 bits per heavy atom. The zero-order chi connectivity index (χ0) is 31.4. The van der Waals surface area contributed by atoms with Crippen LogP contribution in [0.15, 0.2) is 78.9 Å². The van der Waals surface area contributed by atoms with Gasteiger partial charge in [-0.05, 0) is 42.9 Å². The smallest absolute Gasteiger partial charge is 0.207 e. The van der Waals surface area contributed by atoms with E-state index >= 15 is 0 Å². The lowest BCUT2D eigenvalue weighted by molar-refractivity contribution is -0.700. The molecule has 0 N–H and O–H groups in total. The highest BCUT2D eigenvalue weighted by molar-refractivity contribution is 5.80. The third-order valence-electron chi connectivity index (χ3n) is 8.41. The van der Waals surface area contributed by atoms with Gasteiger partial charge < -0.3 is 33.8 Å². The number of rotatable bonds is 21. The molecule has 1 aromatic heterocycles. The van der Waals surface area contributed by atoms with Crippen LogP contribution in [0.4, 0.5) is 0 Å². The van der Waals surface area contributed by atoms with E-state index in [0.29, 0.717) is 0 Å². The summed E-state index contributed by atoms with van der Waals surface area (Å²) < 4.78 is 2.57. The molecule has 0 aliphatic rings. The van der Waals surface area contributed by atoms with E-state index in [2.05, 4.69) is 140 Å². The van der Waals surface area contributed by atoms with Crippen LogP contribution >= 0.6 is 0 Å². The lowest BCUT2D eigenvalue weighted by Gasteiger charge is -2.28. The molecule has 1 heterocycles. The zero-order valence-electron chi connectivity index (χ0n) is 29.0. The first-order valence-corrected chi connectivity index (χ1v) is 17.7. The van der Waals surface area contributed by atoms with E-state index in [0.717, 1.165) is 39.1 Å². The van der Waals surface area contributed by atoms with E-state index < -0.39 is 0 Å². The minimum Gasteiger partial charge on any atom is -1.00 e. The van der Waals surface area contributed by atoms with Crippen LogP contribution in [0.5, 0.6) is 0 Å². The van der Waals surface area contributed by atoms with E-state index in [1.165, 1.54) is 91.7 Å². The Labute approximate surface area is 293 Å². The Kier molecular flexibility index (Phi) is 19.6. The Morgan fingerprint density at radius 3 is 1.18 bits per heavy atom. The second-order valence-electron chi connectivity index (χ2n) is 12.1. The topological polar surface area (TPSA) is 10.4 Å². The van der Waals surface area contributed by atoms with Crippen molar-refractivity contribution in [2.45, 2.75) is 105 Å². The fraction of sp³-hybridized carbons (Fsp3) is 0.488. The third-order valence-corrected chi connectivity index (χ3v) is 8.41. The van der Waals surface area contributed by atoms with Gasteiger partial charge in [-0.1, -0.05) is 127 Å². The quantitative estimate of drug-likeness (QED) is 0.0830. The maximum Gasteiger partial charge on any atom is 0.207 e. The van der Waals surface area contributed by atoms with Gasteiger partial charge >= 0.3 is 0 Å². The number of halogens is 1. The highest BCUT2D eigenvalue weighted by atomic mass is 127. The Morgan fingerprint density at radius 2 is 0.844 bits per heavy atom. The number of nitrogens with zero attached hydrogens (tertiary/aromatic N) is 3. The molecular formula is C41H60IN3. The van der Waals surface area contributed by atoms with Gasteiger partial charge in [-0.3, -0.25) is 0 Å². The predicted molar refractivity (Wildman–Crippen MR) is 193 cm³/mol. The van der Waals surface area contributed by atoms with E-state index in [9.17, 15) is 0 Å². The number of pyridine rings is 1. The van der Waals surface area contributed by atoms with Crippen LogP contribution in [0.1, 0.15) is 121 Å². The van der Waals surface area contributed by atoms with Gasteiger partial charge in [-0.2, -0.15) is 4.57 Å². The summed E-state index contributed by atoms with van der Waals surface area (Å²) >= 11 is 0. The SMILES string of the molecule is CCCCN(CCCC)C(=Cc1cccc(C=C(c2ccccc2)N(CCCC)CCCC)[n+]1CCCC)c1ccccc1.[I-]. The zero-order valence-corrected chi connectivity index (χ0v) is 31.1. The first-order valence-electron chi connectivity index (χ1n) is 17.7. The molecule has 0 fully saturated rings. The molecule has 0 bridgehead atoms. The van der Waals surface area contributed by atoms with Crippen LogP contribution in [-0.4, -0.2) is 36.0 Å². The van der Waals surface area contributed by atoms with Gasteiger partial charge in [-0.15, -0.1) is 0 Å². The van der Waals surface area contributed by atoms with Crippen LogP contribution in [0.3, 0.4) is 0 Å². The molecule has 2 aromatic carbocycles. The predicted octanol–water partition coefficient (Wildman–Crippen LogP) is 7.58. The van der Waals surface area contributed by atoms with Gasteiger partial charge in [0.15, 0.2) is 0 Å². The van der Waals surface area contributed by atoms with Gasteiger partial charge in [0, 0.05) is 56.9 Å². The molecule has 3 aromatic rings. The molecule has 3 rings (SSSR count). The van der Waals surface area contributed by atoms with E-state index in [1.54, 1.807) is 0 Å². The Balaban J connectivity index is 0.00000705. The van der Waals surface area contributed by atoms with Crippen LogP contribution < -0.4 is 28.5 Å². The van der Waals surface area contributed by atoms with Gasteiger partial charge in [0.05, 0.1) is 11.4 Å². The molecule has 0 saturated carbocycles. The van der Waals surface area contributed by atoms with Crippen molar-refractivity contribution in [3.05, 3.63) is 101 Å². The van der Waals surface area contributed by atoms with Crippen molar-refractivity contribution >= 4 is 23.5 Å². The van der Waals surface area contributed by atoms with Gasteiger partial charge in [0.2, 0.25) is 11.4 Å². The molecule has 0 aliphatic heterocycles. The van der Waals surface area contributed by atoms with Crippen LogP contribution in [0.25, 0.3) is 23.5 Å². The third kappa shape index (κ3) is 12.6. The summed E-state index contributed by atoms with van der Waals surface area (Å²) in [5.74, 6) is 0. The summed E-state index contributed by atoms with van der Waals surface area (Å²) in [6.07, 6.45) is 16.9. The lowest BCUT2D eigenvalue weighted by atomic mass is 10.1. The minimum atomic E-state index is 0. The summed E-state index contributed by atoms with van der Waals surface area (Å²) in [7, 11) is 0. The maximum atomic E-state index is 2.64. The summed E-state index contributed by atoms with van der Waals surface area (Å²) in [5.41, 5.74) is 7.86. The summed E-state index contributed by atoms with van der Waals surface area (Å²) in [6, 6.07) is 29.0. The van der Waals surface area contributed by atoms with Gasteiger partial charge in [0.1, 0.15) is 6.54 Å². The highest BCUT2D eigenvalue weighted by Crippen LogP contribution is 2.26. The fourth-order valence-electron chi connectivity index (χ4n) is 5.71. The molecule has 0 amide bonds. The van der Waals surface area contributed by atoms with Gasteiger partial charge in [0.25, 0.3) is 0 Å². The molecule has 4 heteroatoms. The molecule has 0 spiro atoms. The molecule has 3 nitrogen and oxygen atoms in total. The summed E-state index contributed by atoms with van der Waals surface area (Å²) in [6.45, 7) is 16.9. The Hall–Kier alpha value is -2.60. The normalized spacial score (nSPS) is 11.8. The van der Waals surface area contributed by atoms with E-state index in [1.807, 2.05) is 0 Å². The molecule has 0 saturated heterocycles. The number of hydrogen-bond donors (Lipinski definition) is 0. The van der Waals surface area contributed by atoms with Crippen LogP contribution in [0.2, 0.25) is 0 Å². The van der Waals surface area contributed by atoms with Gasteiger partial charge in [-0.25, -0.2) is 0 Å². The van der Waals surface area contributed by atoms with E-state index in [-0.39, 0.29) is 24.0 Å². The average Bonchev–Trinajstić information content (AvgIpc) is 3.07. The second kappa shape index (κ2) is 22.8. The van der Waals surface area contributed by atoms with Crippen molar-refractivity contribution in [1.29, 1.82) is 0 Å². The van der Waals surface area contributed by atoms with Crippen molar-refractivity contribution < 1.29 is 28.5 Å². The highest BCUT2D eigenvalue weighted by Gasteiger charge is 2.20. The Bertz CT molecular complexity index is 1140. The molecule has 0 unspecified atom stereocenters. The summed E-state index contributed by atoms with van der Waals surface area (Å²) in [4.78, 5) is 5.28. The lowest BCUT2D eigenvalue weighted by Crippen LogP contribution is -3.00. The van der Waals surface area contributed by atoms with E-state index in [4.69, 9.17) is 0 Å². The number of benzene rings is 2. The monoisotopic (exact) mass is 721 g/mol. The largest absolute Gasteiger partial charge is 1.00 e. The maximum absolute atomic E-state index is 2.64. The van der Waals surface area contributed by atoms with Crippen molar-refractivity contribution in [2.24, 2.45) is 0 Å². The summed E-state index contributed by atoms with van der Waals surface area (Å²) in [5, 5.41) is 0. The molecule has 246 valence electrons.